The second kappa shape index (κ2) is 5.53. The number of benzene rings is 1. The Morgan fingerprint density at radius 1 is 1.28 bits per heavy atom. The van der Waals surface area contributed by atoms with Crippen LogP contribution >= 0.6 is 0 Å². The van der Waals surface area contributed by atoms with Gasteiger partial charge in [-0.15, -0.1) is 0 Å². The number of primary amides is 1. The van der Waals surface area contributed by atoms with Gasteiger partial charge in [-0.1, -0.05) is 32.9 Å². The average Bonchev–Trinajstić information content (AvgIpc) is 2.27. The first kappa shape index (κ1) is 14.7. The van der Waals surface area contributed by atoms with Crippen LogP contribution in [-0.2, 0) is 6.54 Å². The number of rotatable bonds is 4. The first-order valence-electron chi connectivity index (χ1n) is 6.31. The topological polar surface area (TPSA) is 46.3 Å². The van der Waals surface area contributed by atoms with E-state index in [1.54, 1.807) is 12.1 Å². The third-order valence-electron chi connectivity index (χ3n) is 3.58. The number of hydrogen-bond acceptors (Lipinski definition) is 2. The molecule has 1 rings (SSSR count). The third kappa shape index (κ3) is 3.84. The standard InChI is InChI=1S/C15H24N2O/c1-11(15(2,3)4)17(5)10-12-6-8-13(9-7-12)14(16)18/h6-9,11H,10H2,1-5H3,(H2,16,18)/t11-/m0/s1. The Morgan fingerprint density at radius 2 is 1.78 bits per heavy atom. The van der Waals surface area contributed by atoms with Gasteiger partial charge in [0.15, 0.2) is 0 Å². The highest BCUT2D eigenvalue weighted by atomic mass is 16.1. The average molecular weight is 248 g/mol. The molecule has 0 saturated heterocycles. The van der Waals surface area contributed by atoms with Crippen molar-refractivity contribution in [1.29, 1.82) is 0 Å². The summed E-state index contributed by atoms with van der Waals surface area (Å²) in [5.74, 6) is -0.377. The second-order valence-corrected chi connectivity index (χ2v) is 6.02. The summed E-state index contributed by atoms with van der Waals surface area (Å²) in [6.07, 6.45) is 0. The van der Waals surface area contributed by atoms with Gasteiger partial charge in [-0.3, -0.25) is 9.69 Å². The molecule has 1 aromatic rings. The molecule has 0 aromatic heterocycles. The van der Waals surface area contributed by atoms with Crippen LogP contribution in [0.15, 0.2) is 24.3 Å². The molecule has 18 heavy (non-hydrogen) atoms. The molecule has 0 aliphatic carbocycles. The molecule has 0 radical (unpaired) electrons. The van der Waals surface area contributed by atoms with Gasteiger partial charge in [-0.25, -0.2) is 0 Å². The van der Waals surface area contributed by atoms with Crippen molar-refractivity contribution in [2.24, 2.45) is 11.1 Å². The Balaban J connectivity index is 2.70. The molecule has 0 aliphatic heterocycles. The highest BCUT2D eigenvalue weighted by Gasteiger charge is 2.23. The minimum atomic E-state index is -0.377. The van der Waals surface area contributed by atoms with E-state index in [2.05, 4.69) is 39.6 Å². The maximum Gasteiger partial charge on any atom is 0.248 e. The van der Waals surface area contributed by atoms with Crippen LogP contribution < -0.4 is 5.73 Å². The van der Waals surface area contributed by atoms with Gasteiger partial charge in [0.2, 0.25) is 5.91 Å². The van der Waals surface area contributed by atoms with Crippen LogP contribution in [0.4, 0.5) is 0 Å². The number of carbonyl (C=O) groups is 1. The summed E-state index contributed by atoms with van der Waals surface area (Å²) in [6.45, 7) is 9.83. The van der Waals surface area contributed by atoms with E-state index < -0.39 is 0 Å². The molecule has 0 heterocycles. The zero-order valence-corrected chi connectivity index (χ0v) is 12.0. The number of hydrogen-bond donors (Lipinski definition) is 1. The first-order chi connectivity index (χ1) is 8.21. The predicted octanol–water partition coefficient (Wildman–Crippen LogP) is 2.65. The smallest absolute Gasteiger partial charge is 0.248 e. The molecule has 100 valence electrons. The summed E-state index contributed by atoms with van der Waals surface area (Å²) in [5.41, 5.74) is 7.23. The lowest BCUT2D eigenvalue weighted by Crippen LogP contribution is -2.38. The van der Waals surface area contributed by atoms with Crippen LogP contribution in [0.1, 0.15) is 43.6 Å². The lowest BCUT2D eigenvalue weighted by molar-refractivity contribution is 0.100. The van der Waals surface area contributed by atoms with E-state index in [1.165, 1.54) is 5.56 Å². The van der Waals surface area contributed by atoms with Gasteiger partial charge in [0, 0.05) is 18.2 Å². The maximum atomic E-state index is 11.0. The highest BCUT2D eigenvalue weighted by molar-refractivity contribution is 5.92. The Labute approximate surface area is 110 Å². The van der Waals surface area contributed by atoms with E-state index in [0.717, 1.165) is 6.54 Å². The van der Waals surface area contributed by atoms with Gasteiger partial charge in [-0.2, -0.15) is 0 Å². The van der Waals surface area contributed by atoms with Gasteiger partial charge in [-0.05, 0) is 37.1 Å². The van der Waals surface area contributed by atoms with Crippen LogP contribution in [0.2, 0.25) is 0 Å². The SMILES string of the molecule is C[C@H](N(C)Cc1ccc(C(N)=O)cc1)C(C)(C)C. The molecule has 2 N–H and O–H groups in total. The second-order valence-electron chi connectivity index (χ2n) is 6.02. The molecule has 0 saturated carbocycles. The highest BCUT2D eigenvalue weighted by Crippen LogP contribution is 2.24. The third-order valence-corrected chi connectivity index (χ3v) is 3.58. The molecule has 1 amide bonds. The van der Waals surface area contributed by atoms with Crippen molar-refractivity contribution >= 4 is 5.91 Å². The molecule has 1 aromatic carbocycles. The van der Waals surface area contributed by atoms with Crippen molar-refractivity contribution in [2.45, 2.75) is 40.3 Å². The minimum Gasteiger partial charge on any atom is -0.366 e. The summed E-state index contributed by atoms with van der Waals surface area (Å²) in [7, 11) is 2.12. The van der Waals surface area contributed by atoms with Crippen LogP contribution in [-0.4, -0.2) is 23.9 Å². The maximum absolute atomic E-state index is 11.0. The fraction of sp³-hybridized carbons (Fsp3) is 0.533. The van der Waals surface area contributed by atoms with Crippen molar-refractivity contribution in [3.05, 3.63) is 35.4 Å². The van der Waals surface area contributed by atoms with E-state index in [0.29, 0.717) is 11.6 Å². The van der Waals surface area contributed by atoms with Crippen molar-refractivity contribution in [2.75, 3.05) is 7.05 Å². The van der Waals surface area contributed by atoms with E-state index in [4.69, 9.17) is 5.73 Å². The molecule has 0 unspecified atom stereocenters. The van der Waals surface area contributed by atoms with E-state index in [1.807, 2.05) is 12.1 Å². The van der Waals surface area contributed by atoms with Crippen LogP contribution in [0, 0.1) is 5.41 Å². The summed E-state index contributed by atoms with van der Waals surface area (Å²) in [6, 6.07) is 7.98. The lowest BCUT2D eigenvalue weighted by Gasteiger charge is -2.35. The Kier molecular flexibility index (Phi) is 4.52. The van der Waals surface area contributed by atoms with Gasteiger partial charge in [0.05, 0.1) is 0 Å². The molecular weight excluding hydrogens is 224 g/mol. The van der Waals surface area contributed by atoms with E-state index in [9.17, 15) is 4.79 Å². The monoisotopic (exact) mass is 248 g/mol. The minimum absolute atomic E-state index is 0.252. The zero-order valence-electron chi connectivity index (χ0n) is 12.0. The normalized spacial score (nSPS) is 13.7. The number of nitrogens with zero attached hydrogens (tertiary/aromatic N) is 1. The van der Waals surface area contributed by atoms with Gasteiger partial charge in [0.1, 0.15) is 0 Å². The zero-order chi connectivity index (χ0) is 13.9. The number of nitrogens with two attached hydrogens (primary N) is 1. The lowest BCUT2D eigenvalue weighted by atomic mass is 9.87. The molecule has 0 bridgehead atoms. The number of amides is 1. The fourth-order valence-electron chi connectivity index (χ4n) is 1.86. The Bertz CT molecular complexity index is 403. The molecule has 0 fully saturated rings. The molecule has 1 atom stereocenters. The van der Waals surface area contributed by atoms with Crippen LogP contribution in [0.3, 0.4) is 0 Å². The summed E-state index contributed by atoms with van der Waals surface area (Å²) >= 11 is 0. The quantitative estimate of drug-likeness (QED) is 0.890. The van der Waals surface area contributed by atoms with E-state index >= 15 is 0 Å². The Hall–Kier alpha value is -1.35. The van der Waals surface area contributed by atoms with Crippen molar-refractivity contribution in [1.82, 2.24) is 4.90 Å². The summed E-state index contributed by atoms with van der Waals surface area (Å²) < 4.78 is 0. The molecule has 0 spiro atoms. The molecule has 3 heteroatoms. The summed E-state index contributed by atoms with van der Waals surface area (Å²) in [4.78, 5) is 13.3. The Morgan fingerprint density at radius 3 is 2.17 bits per heavy atom. The number of carbonyl (C=O) groups excluding carboxylic acids is 1. The van der Waals surface area contributed by atoms with Crippen molar-refractivity contribution in [3.63, 3.8) is 0 Å². The fourth-order valence-corrected chi connectivity index (χ4v) is 1.86. The van der Waals surface area contributed by atoms with Gasteiger partial charge >= 0.3 is 0 Å². The van der Waals surface area contributed by atoms with E-state index in [-0.39, 0.29) is 11.3 Å². The summed E-state index contributed by atoms with van der Waals surface area (Å²) in [5, 5.41) is 0. The van der Waals surface area contributed by atoms with Crippen LogP contribution in [0.5, 0.6) is 0 Å². The van der Waals surface area contributed by atoms with Gasteiger partial charge in [0.25, 0.3) is 0 Å². The van der Waals surface area contributed by atoms with Crippen molar-refractivity contribution < 1.29 is 4.79 Å². The first-order valence-corrected chi connectivity index (χ1v) is 6.31. The van der Waals surface area contributed by atoms with Gasteiger partial charge < -0.3 is 5.73 Å². The predicted molar refractivity (Wildman–Crippen MR) is 75.3 cm³/mol. The largest absolute Gasteiger partial charge is 0.366 e. The molecular formula is C15H24N2O. The van der Waals surface area contributed by atoms with Crippen LogP contribution in [0.25, 0.3) is 0 Å². The molecule has 0 aliphatic rings. The van der Waals surface area contributed by atoms with Crippen molar-refractivity contribution in [3.8, 4) is 0 Å². The molecule has 3 nitrogen and oxygen atoms in total.